The van der Waals surface area contributed by atoms with Crippen LogP contribution in [0.1, 0.15) is 24.8 Å². The molecule has 0 aromatic heterocycles. The summed E-state index contributed by atoms with van der Waals surface area (Å²) in [6.07, 6.45) is 3.23. The monoisotopic (exact) mass is 419 g/mol. The number of ether oxygens (including phenoxy) is 1. The van der Waals surface area contributed by atoms with Gasteiger partial charge in [0.15, 0.2) is 0 Å². The molecule has 0 saturated carbocycles. The number of nitro groups is 1. The van der Waals surface area contributed by atoms with E-state index in [-0.39, 0.29) is 10.6 Å². The largest absolute Gasteiger partial charge is 0.496 e. The van der Waals surface area contributed by atoms with Crippen molar-refractivity contribution in [1.82, 2.24) is 4.31 Å². The highest BCUT2D eigenvalue weighted by Crippen LogP contribution is 2.30. The van der Waals surface area contributed by atoms with Crippen molar-refractivity contribution in [1.29, 1.82) is 0 Å². The first-order valence-corrected chi connectivity index (χ1v) is 11.0. The fourth-order valence-corrected chi connectivity index (χ4v) is 5.01. The van der Waals surface area contributed by atoms with E-state index in [2.05, 4.69) is 5.32 Å². The number of nitrogens with one attached hydrogen (secondary N) is 1. The number of anilines is 1. The van der Waals surface area contributed by atoms with Gasteiger partial charge in [0.1, 0.15) is 11.4 Å². The lowest BCUT2D eigenvalue weighted by molar-refractivity contribution is -0.384. The summed E-state index contributed by atoms with van der Waals surface area (Å²) in [6, 6.07) is 11.6. The van der Waals surface area contributed by atoms with Crippen molar-refractivity contribution in [2.75, 3.05) is 32.1 Å². The zero-order valence-corrected chi connectivity index (χ0v) is 17.2. The highest BCUT2D eigenvalue weighted by Gasteiger charge is 2.28. The molecule has 1 saturated heterocycles. The van der Waals surface area contributed by atoms with Crippen LogP contribution in [0, 0.1) is 10.1 Å². The Hall–Kier alpha value is -2.65. The molecule has 1 aliphatic heterocycles. The third-order valence-corrected chi connectivity index (χ3v) is 6.92. The topological polar surface area (TPSA) is 102 Å². The van der Waals surface area contributed by atoms with Crippen LogP contribution >= 0.6 is 0 Å². The van der Waals surface area contributed by atoms with Gasteiger partial charge in [0.25, 0.3) is 5.69 Å². The minimum Gasteiger partial charge on any atom is -0.496 e. The van der Waals surface area contributed by atoms with Crippen molar-refractivity contribution in [3.8, 4) is 5.75 Å². The predicted octanol–water partition coefficient (Wildman–Crippen LogP) is 3.43. The van der Waals surface area contributed by atoms with E-state index in [1.54, 1.807) is 7.11 Å². The number of sulfonamides is 1. The van der Waals surface area contributed by atoms with Crippen molar-refractivity contribution in [3.63, 3.8) is 0 Å². The van der Waals surface area contributed by atoms with Crippen LogP contribution in [0.15, 0.2) is 47.4 Å². The molecule has 0 radical (unpaired) electrons. The highest BCUT2D eigenvalue weighted by molar-refractivity contribution is 7.89. The molecule has 3 rings (SSSR count). The number of para-hydroxylation sites is 1. The summed E-state index contributed by atoms with van der Waals surface area (Å²) in [4.78, 5) is 11.0. The summed E-state index contributed by atoms with van der Waals surface area (Å²) < 4.78 is 32.3. The summed E-state index contributed by atoms with van der Waals surface area (Å²) in [6.45, 7) is 1.35. The molecule has 1 N–H and O–H groups in total. The molecule has 0 spiro atoms. The maximum absolute atomic E-state index is 12.8. The molecule has 2 aromatic carbocycles. The lowest BCUT2D eigenvalue weighted by Crippen LogP contribution is -2.35. The van der Waals surface area contributed by atoms with Gasteiger partial charge in [-0.05, 0) is 43.0 Å². The molecule has 156 valence electrons. The SMILES string of the molecule is COc1ccccc1CCNc1ccc(S(=O)(=O)N2CCCCC2)cc1[N+](=O)[O-]. The molecule has 2 aromatic rings. The standard InChI is InChI=1S/C20H25N3O5S/c1-28-20-8-4-3-7-16(20)11-12-21-18-10-9-17(15-19(18)23(24)25)29(26,27)22-13-5-2-6-14-22/h3-4,7-10,15,21H,2,5-6,11-14H2,1H3. The molecule has 1 fully saturated rings. The number of hydrogen-bond acceptors (Lipinski definition) is 6. The number of rotatable bonds is 8. The number of nitro benzene ring substituents is 1. The number of benzene rings is 2. The summed E-state index contributed by atoms with van der Waals surface area (Å²) >= 11 is 0. The molecule has 0 bridgehead atoms. The minimum atomic E-state index is -3.72. The Morgan fingerprint density at radius 3 is 2.55 bits per heavy atom. The minimum absolute atomic E-state index is 0.0404. The molecule has 8 nitrogen and oxygen atoms in total. The Labute approximate surface area is 170 Å². The van der Waals surface area contributed by atoms with Crippen LogP contribution in [0.3, 0.4) is 0 Å². The van der Waals surface area contributed by atoms with Gasteiger partial charge in [0.05, 0.1) is 16.9 Å². The zero-order chi connectivity index (χ0) is 20.9. The average molecular weight is 420 g/mol. The Morgan fingerprint density at radius 1 is 1.14 bits per heavy atom. The van der Waals surface area contributed by atoms with Gasteiger partial charge in [-0.3, -0.25) is 10.1 Å². The average Bonchev–Trinajstić information content (AvgIpc) is 2.74. The second kappa shape index (κ2) is 9.23. The normalized spacial score (nSPS) is 15.1. The molecule has 9 heteroatoms. The van der Waals surface area contributed by atoms with Crippen LogP contribution in [0.2, 0.25) is 0 Å². The number of hydrogen-bond donors (Lipinski definition) is 1. The van der Waals surface area contributed by atoms with E-state index < -0.39 is 14.9 Å². The van der Waals surface area contributed by atoms with Crippen molar-refractivity contribution in [2.24, 2.45) is 0 Å². The molecular formula is C20H25N3O5S. The van der Waals surface area contributed by atoms with E-state index in [4.69, 9.17) is 4.74 Å². The fraction of sp³-hybridized carbons (Fsp3) is 0.400. The lowest BCUT2D eigenvalue weighted by Gasteiger charge is -2.25. The Bertz CT molecular complexity index is 972. The van der Waals surface area contributed by atoms with E-state index in [1.165, 1.54) is 16.4 Å². The second-order valence-corrected chi connectivity index (χ2v) is 8.83. The molecule has 0 amide bonds. The molecular weight excluding hydrogens is 394 g/mol. The molecule has 0 unspecified atom stereocenters. The van der Waals surface area contributed by atoms with E-state index in [0.717, 1.165) is 36.6 Å². The van der Waals surface area contributed by atoms with Gasteiger partial charge in [-0.1, -0.05) is 24.6 Å². The van der Waals surface area contributed by atoms with Crippen molar-refractivity contribution < 1.29 is 18.1 Å². The van der Waals surface area contributed by atoms with E-state index in [1.807, 2.05) is 24.3 Å². The number of nitrogens with zero attached hydrogens (tertiary/aromatic N) is 2. The van der Waals surface area contributed by atoms with Gasteiger partial charge in [-0.25, -0.2) is 8.42 Å². The summed E-state index contributed by atoms with van der Waals surface area (Å²) in [7, 11) is -2.13. The summed E-state index contributed by atoms with van der Waals surface area (Å²) in [5, 5.41) is 14.6. The van der Waals surface area contributed by atoms with E-state index >= 15 is 0 Å². The van der Waals surface area contributed by atoms with Gasteiger partial charge in [0, 0.05) is 25.7 Å². The Kier molecular flexibility index (Phi) is 6.71. The first kappa shape index (κ1) is 21.1. The maximum Gasteiger partial charge on any atom is 0.293 e. The number of piperidine rings is 1. The highest BCUT2D eigenvalue weighted by atomic mass is 32.2. The Morgan fingerprint density at radius 2 is 1.86 bits per heavy atom. The van der Waals surface area contributed by atoms with Crippen LogP contribution in [0.4, 0.5) is 11.4 Å². The maximum atomic E-state index is 12.8. The smallest absolute Gasteiger partial charge is 0.293 e. The van der Waals surface area contributed by atoms with Crippen LogP contribution in [-0.4, -0.2) is 44.4 Å². The second-order valence-electron chi connectivity index (χ2n) is 6.89. The van der Waals surface area contributed by atoms with Gasteiger partial charge >= 0.3 is 0 Å². The molecule has 0 atom stereocenters. The van der Waals surface area contributed by atoms with Gasteiger partial charge in [0.2, 0.25) is 10.0 Å². The van der Waals surface area contributed by atoms with E-state index in [0.29, 0.717) is 31.7 Å². The predicted molar refractivity (Wildman–Crippen MR) is 111 cm³/mol. The molecule has 0 aliphatic carbocycles. The van der Waals surface area contributed by atoms with Gasteiger partial charge < -0.3 is 10.1 Å². The lowest BCUT2D eigenvalue weighted by atomic mass is 10.1. The van der Waals surface area contributed by atoms with E-state index in [9.17, 15) is 18.5 Å². The van der Waals surface area contributed by atoms with Crippen molar-refractivity contribution in [3.05, 3.63) is 58.1 Å². The first-order valence-electron chi connectivity index (χ1n) is 9.58. The fourth-order valence-electron chi connectivity index (χ4n) is 3.47. The first-order chi connectivity index (χ1) is 13.9. The third-order valence-electron chi connectivity index (χ3n) is 5.02. The third kappa shape index (κ3) is 4.86. The van der Waals surface area contributed by atoms with Crippen LogP contribution in [0.5, 0.6) is 5.75 Å². The molecule has 1 heterocycles. The van der Waals surface area contributed by atoms with Crippen molar-refractivity contribution >= 4 is 21.4 Å². The zero-order valence-electron chi connectivity index (χ0n) is 16.3. The van der Waals surface area contributed by atoms with Gasteiger partial charge in [-0.15, -0.1) is 0 Å². The van der Waals surface area contributed by atoms with Gasteiger partial charge in [-0.2, -0.15) is 4.31 Å². The summed E-state index contributed by atoms with van der Waals surface area (Å²) in [5.74, 6) is 0.756. The molecule has 29 heavy (non-hydrogen) atoms. The van der Waals surface area contributed by atoms with Crippen LogP contribution in [-0.2, 0) is 16.4 Å². The Balaban J connectivity index is 1.77. The van der Waals surface area contributed by atoms with Crippen LogP contribution < -0.4 is 10.1 Å². The summed E-state index contributed by atoms with van der Waals surface area (Å²) in [5.41, 5.74) is 1.03. The van der Waals surface area contributed by atoms with Crippen molar-refractivity contribution in [2.45, 2.75) is 30.6 Å². The quantitative estimate of drug-likeness (QED) is 0.519. The number of methoxy groups -OCH3 is 1. The molecule has 1 aliphatic rings. The van der Waals surface area contributed by atoms with Crippen LogP contribution in [0.25, 0.3) is 0 Å².